The van der Waals surface area contributed by atoms with Gasteiger partial charge in [-0.2, -0.15) is 0 Å². The summed E-state index contributed by atoms with van der Waals surface area (Å²) in [4.78, 5) is 90.2. The van der Waals surface area contributed by atoms with E-state index < -0.39 is 55.4 Å². The number of aromatic nitrogens is 2. The first-order valence-corrected chi connectivity index (χ1v) is 27.2. The number of fused-ring (bicyclic) bond motifs is 6. The van der Waals surface area contributed by atoms with Gasteiger partial charge < -0.3 is 69.5 Å². The molecule has 462 valence electrons. The monoisotopic (exact) mass is 1270 g/mol. The number of hydrogen-bond acceptors (Lipinski definition) is 10. The lowest BCUT2D eigenvalue weighted by Crippen LogP contribution is -2.25. The SMILES string of the molecule is Cn1c2cccccc-2c([C+](c2cc([C+](c3c4cccccc-4oc3=O)c3c4cccccc-4oc3=O)cc([C+](c3c4cccccc-4oc3=O)c3c4cccccc-4oc3=O)c2)c2c3cccccc-3n(C)c2=O)c1=O.F[B-](F)(F)F.F[B-](F)(F)F.F[B-](F)(F)F. The van der Waals surface area contributed by atoms with Gasteiger partial charge in [-0.05, 0) is 72.8 Å². The van der Waals surface area contributed by atoms with Crippen molar-refractivity contribution in [1.82, 2.24) is 9.13 Å². The highest BCUT2D eigenvalue weighted by Gasteiger charge is 2.47. The highest BCUT2D eigenvalue weighted by Crippen LogP contribution is 2.48. The van der Waals surface area contributed by atoms with E-state index in [1.54, 1.807) is 154 Å². The normalized spacial score (nSPS) is 11.6. The number of halogens is 12. The van der Waals surface area contributed by atoms with Crippen molar-refractivity contribution in [1.29, 1.82) is 0 Å². The molecule has 6 aliphatic carbocycles. The highest BCUT2D eigenvalue weighted by molar-refractivity contribution is 6.50. The van der Waals surface area contributed by atoms with Crippen LogP contribution in [0.5, 0.6) is 0 Å². The maximum atomic E-state index is 15.4. The number of nitrogens with zero attached hydrogens (tertiary/aromatic N) is 2. The second kappa shape index (κ2) is 25.3. The second-order valence-electron chi connectivity index (χ2n) is 20.1. The molecular weight excluding hydrogens is 1230 g/mol. The summed E-state index contributed by atoms with van der Waals surface area (Å²) in [5, 5.41) is 0. The molecule has 0 spiro atoms. The summed E-state index contributed by atoms with van der Waals surface area (Å²) in [6.07, 6.45) is 0. The number of benzene rings is 1. The molecule has 12 nitrogen and oxygen atoms in total. The first-order chi connectivity index (χ1) is 43.6. The Labute approximate surface area is 510 Å². The van der Waals surface area contributed by atoms with Crippen LogP contribution in [0.15, 0.2) is 247 Å². The van der Waals surface area contributed by atoms with Crippen molar-refractivity contribution >= 4 is 21.8 Å². The molecule has 12 aliphatic rings. The Morgan fingerprint density at radius 1 is 0.283 bits per heavy atom. The minimum atomic E-state index is -6.00. The summed E-state index contributed by atoms with van der Waals surface area (Å²) < 4.78 is 144. The van der Waals surface area contributed by atoms with E-state index in [-0.39, 0.29) is 90.9 Å². The second-order valence-corrected chi connectivity index (χ2v) is 20.1. The van der Waals surface area contributed by atoms with Gasteiger partial charge in [0.25, 0.3) is 0 Å². The Kier molecular flexibility index (Phi) is 17.6. The largest absolute Gasteiger partial charge is 0.673 e. The van der Waals surface area contributed by atoms with Gasteiger partial charge in [0.05, 0.1) is 79.2 Å². The summed E-state index contributed by atoms with van der Waals surface area (Å²) >= 11 is 0. The van der Waals surface area contributed by atoms with Crippen LogP contribution >= 0.6 is 0 Å². The van der Waals surface area contributed by atoms with E-state index in [9.17, 15) is 71.0 Å². The molecule has 0 bridgehead atoms. The predicted molar refractivity (Wildman–Crippen MR) is 322 cm³/mol. The molecule has 6 heterocycles. The van der Waals surface area contributed by atoms with Gasteiger partial charge >= 0.3 is 55.4 Å². The number of rotatable bonds is 9. The Balaban J connectivity index is 0.000000557. The summed E-state index contributed by atoms with van der Waals surface area (Å²) in [6.45, 7) is 0. The molecule has 0 saturated carbocycles. The average Bonchev–Trinajstić information content (AvgIpc) is 1.53. The van der Waals surface area contributed by atoms with Crippen LogP contribution in [-0.4, -0.2) is 30.9 Å². The minimum Gasteiger partial charge on any atom is -0.418 e. The van der Waals surface area contributed by atoms with E-state index in [0.717, 1.165) is 0 Å². The van der Waals surface area contributed by atoms with E-state index in [0.29, 0.717) is 44.8 Å². The zero-order valence-corrected chi connectivity index (χ0v) is 47.3. The average molecular weight is 1270 g/mol. The van der Waals surface area contributed by atoms with Crippen LogP contribution in [0.3, 0.4) is 0 Å². The minimum absolute atomic E-state index is 0.00676. The summed E-state index contributed by atoms with van der Waals surface area (Å²) in [6, 6.07) is 57.7. The Morgan fingerprint density at radius 2 is 0.478 bits per heavy atom. The fraction of sp³-hybridized carbons (Fsp3) is 0.0308. The molecule has 0 unspecified atom stereocenters. The van der Waals surface area contributed by atoms with Gasteiger partial charge in [0.1, 0.15) is 11.1 Å². The molecule has 0 N–H and O–H groups in total. The lowest BCUT2D eigenvalue weighted by Gasteiger charge is -2.18. The lowest BCUT2D eigenvalue weighted by molar-refractivity contribution is 0.366. The van der Waals surface area contributed by atoms with Crippen molar-refractivity contribution in [3.63, 3.8) is 0 Å². The van der Waals surface area contributed by atoms with Gasteiger partial charge in [0.15, 0.2) is 45.3 Å². The Hall–Kier alpha value is -11.2. The van der Waals surface area contributed by atoms with Gasteiger partial charge in [-0.3, -0.25) is 9.13 Å². The van der Waals surface area contributed by atoms with Gasteiger partial charge in [-0.25, -0.2) is 28.8 Å². The van der Waals surface area contributed by atoms with Gasteiger partial charge in [-0.15, -0.1) is 0 Å². The first kappa shape index (κ1) is 63.8. The van der Waals surface area contributed by atoms with Crippen LogP contribution in [0.2, 0.25) is 0 Å². The predicted octanol–water partition coefficient (Wildman–Crippen LogP) is 14.5. The molecule has 6 aliphatic heterocycles. The van der Waals surface area contributed by atoms with Gasteiger partial charge in [-0.1, -0.05) is 109 Å². The molecule has 0 amide bonds. The molecule has 0 atom stereocenters. The van der Waals surface area contributed by atoms with Gasteiger partial charge in [0, 0.05) is 32.3 Å². The van der Waals surface area contributed by atoms with Crippen LogP contribution < -0.4 is 33.6 Å². The molecule has 1 aromatic rings. The maximum absolute atomic E-state index is 15.4. The standard InChI is InChI=1S/C65H39N2O10.3BF4/c1-66-45-27-15-3-9-21-39(45)54(60(66)68)51(55-40-22-10-4-16-28-46(40)67(2)61(55)69)36-33-37(52(56-41-23-11-5-17-29-47(41)74-62(56)70)57-42-24-12-6-18-30-48(42)75-63(57)71)35-38(34-36)53(58-43-25-13-7-19-31-49(43)76-64(58)72)59-44-26-14-8-20-32-50(44)77-65(59)73;3*2-1(3,4)5/h3-35H,1-2H3;;;/q+3;3*-1. The fourth-order valence-corrected chi connectivity index (χ4v) is 10.9. The smallest absolute Gasteiger partial charge is 0.418 e. The molecule has 92 heavy (non-hydrogen) atoms. The molecule has 1 aromatic carbocycles. The topological polar surface area (TPSA) is 165 Å². The lowest BCUT2D eigenvalue weighted by atomic mass is 9.75. The highest BCUT2D eigenvalue weighted by atomic mass is 19.5. The third-order valence-corrected chi connectivity index (χ3v) is 14.3. The van der Waals surface area contributed by atoms with E-state index in [1.807, 2.05) is 60.7 Å². The van der Waals surface area contributed by atoms with Crippen molar-refractivity contribution in [3.05, 3.63) is 330 Å². The van der Waals surface area contributed by atoms with Crippen LogP contribution in [-0.2, 0) is 14.1 Å². The summed E-state index contributed by atoms with van der Waals surface area (Å²) in [7, 11) is -14.7. The van der Waals surface area contributed by atoms with E-state index in [2.05, 4.69) is 0 Å². The molecule has 0 radical (unpaired) electrons. The molecule has 0 saturated heterocycles. The van der Waals surface area contributed by atoms with E-state index >= 15 is 9.59 Å². The van der Waals surface area contributed by atoms with Crippen molar-refractivity contribution in [2.45, 2.75) is 0 Å². The molecule has 13 rings (SSSR count). The summed E-state index contributed by atoms with van der Waals surface area (Å²) in [5.41, 5.74) is 0.397. The maximum Gasteiger partial charge on any atom is 0.673 e. The van der Waals surface area contributed by atoms with E-state index in [1.165, 1.54) is 9.13 Å². The molecular formula is C65H39B3F12N2O10. The molecule has 0 fully saturated rings. The van der Waals surface area contributed by atoms with E-state index in [4.69, 9.17) is 17.7 Å². The van der Waals surface area contributed by atoms with Crippen LogP contribution in [0.1, 0.15) is 50.1 Å². The van der Waals surface area contributed by atoms with Crippen molar-refractivity contribution in [3.8, 4) is 67.8 Å². The quantitative estimate of drug-likeness (QED) is 0.0771. The van der Waals surface area contributed by atoms with Crippen molar-refractivity contribution < 1.29 is 69.5 Å². The van der Waals surface area contributed by atoms with Crippen LogP contribution in [0.4, 0.5) is 51.8 Å². The Bertz CT molecular complexity index is 4510. The summed E-state index contributed by atoms with van der Waals surface area (Å²) in [5.74, 6) is 1.18. The molecule has 0 aromatic heterocycles. The van der Waals surface area contributed by atoms with Crippen LogP contribution in [0, 0.1) is 17.8 Å². The van der Waals surface area contributed by atoms with Crippen LogP contribution in [0.25, 0.3) is 67.8 Å². The zero-order chi connectivity index (χ0) is 66.1. The van der Waals surface area contributed by atoms with Gasteiger partial charge in [0.2, 0.25) is 0 Å². The third-order valence-electron chi connectivity index (χ3n) is 14.3. The first-order valence-electron chi connectivity index (χ1n) is 27.2. The zero-order valence-electron chi connectivity index (χ0n) is 47.3. The number of furan rings is 4. The van der Waals surface area contributed by atoms with Crippen molar-refractivity contribution in [2.75, 3.05) is 0 Å². The van der Waals surface area contributed by atoms with Crippen molar-refractivity contribution in [2.24, 2.45) is 14.1 Å². The number of hydrogen-bond donors (Lipinski definition) is 0. The Morgan fingerprint density at radius 3 is 0.717 bits per heavy atom. The third kappa shape index (κ3) is 13.4. The molecule has 27 heteroatoms. The fourth-order valence-electron chi connectivity index (χ4n) is 10.9.